The number of hydrogen-bond acceptors (Lipinski definition) is 6. The summed E-state index contributed by atoms with van der Waals surface area (Å²) in [4.78, 5) is 6.58. The second kappa shape index (κ2) is 7.99. The summed E-state index contributed by atoms with van der Waals surface area (Å²) in [6.07, 6.45) is -3.59. The summed E-state index contributed by atoms with van der Waals surface area (Å²) in [5.41, 5.74) is 8.06. The van der Waals surface area contributed by atoms with Crippen LogP contribution >= 0.6 is 27.7 Å². The Morgan fingerprint density at radius 1 is 1.39 bits per heavy atom. The number of thioether (sulfide) groups is 1. The van der Waals surface area contributed by atoms with E-state index in [9.17, 15) is 15.3 Å². The Morgan fingerprint density at radius 3 is 2.74 bits per heavy atom. The third-order valence-electron chi connectivity index (χ3n) is 3.32. The maximum absolute atomic E-state index is 10.3. The normalized spacial score (nSPS) is 30.3. The van der Waals surface area contributed by atoms with Gasteiger partial charge in [0.05, 0.1) is 25.3 Å². The minimum absolute atomic E-state index is 0.376. The molecule has 23 heavy (non-hydrogen) atoms. The zero-order chi connectivity index (χ0) is 17.0. The van der Waals surface area contributed by atoms with Crippen LogP contribution in [-0.4, -0.2) is 51.7 Å². The van der Waals surface area contributed by atoms with Crippen molar-refractivity contribution in [3.8, 4) is 0 Å². The fourth-order valence-corrected chi connectivity index (χ4v) is 3.85. The highest BCUT2D eigenvalue weighted by atomic mass is 79.9. The molecular formula is C13H13BrN4O4S. The molecule has 5 atom stereocenters. The van der Waals surface area contributed by atoms with Gasteiger partial charge >= 0.3 is 0 Å². The van der Waals surface area contributed by atoms with Crippen molar-refractivity contribution < 1.29 is 20.1 Å². The molecule has 122 valence electrons. The maximum atomic E-state index is 10.3. The van der Waals surface area contributed by atoms with Crippen molar-refractivity contribution in [2.75, 3.05) is 6.61 Å². The summed E-state index contributed by atoms with van der Waals surface area (Å²) in [5.74, 6) is 0. The van der Waals surface area contributed by atoms with Crippen molar-refractivity contribution in [3.63, 3.8) is 0 Å². The topological polar surface area (TPSA) is 123 Å². The predicted octanol–water partition coefficient (Wildman–Crippen LogP) is 2.21. The van der Waals surface area contributed by atoms with Crippen LogP contribution in [0.1, 0.15) is 0 Å². The molecule has 0 saturated carbocycles. The summed E-state index contributed by atoms with van der Waals surface area (Å²) >= 11 is 4.38. The van der Waals surface area contributed by atoms with Gasteiger partial charge in [0.25, 0.3) is 0 Å². The first-order chi connectivity index (χ1) is 11.0. The van der Waals surface area contributed by atoms with E-state index in [-0.39, 0.29) is 0 Å². The lowest BCUT2D eigenvalue weighted by atomic mass is 9.98. The predicted molar refractivity (Wildman–Crippen MR) is 87.0 cm³/mol. The van der Waals surface area contributed by atoms with Gasteiger partial charge in [-0.25, -0.2) is 4.85 Å². The van der Waals surface area contributed by atoms with E-state index < -0.39 is 36.4 Å². The van der Waals surface area contributed by atoms with E-state index in [1.54, 1.807) is 18.2 Å². The lowest BCUT2D eigenvalue weighted by Gasteiger charge is -2.40. The maximum Gasteiger partial charge on any atom is 0.200 e. The van der Waals surface area contributed by atoms with Crippen molar-refractivity contribution >= 4 is 33.4 Å². The molecule has 2 rings (SSSR count). The average Bonchev–Trinajstić information content (AvgIpc) is 2.54. The molecule has 10 heteroatoms. The van der Waals surface area contributed by atoms with Gasteiger partial charge in [-0.1, -0.05) is 33.2 Å². The Bertz CT molecular complexity index is 664. The van der Waals surface area contributed by atoms with Gasteiger partial charge < -0.3 is 20.1 Å². The van der Waals surface area contributed by atoms with E-state index in [1.165, 1.54) is 0 Å². The summed E-state index contributed by atoms with van der Waals surface area (Å²) in [5, 5.41) is 33.0. The first-order valence-electron chi connectivity index (χ1n) is 6.52. The van der Waals surface area contributed by atoms with Gasteiger partial charge in [-0.15, -0.1) is 11.8 Å². The van der Waals surface area contributed by atoms with Crippen molar-refractivity contribution in [1.29, 1.82) is 0 Å². The summed E-state index contributed by atoms with van der Waals surface area (Å²) in [6, 6.07) is 3.90. The van der Waals surface area contributed by atoms with E-state index >= 15 is 0 Å². The lowest BCUT2D eigenvalue weighted by Crippen LogP contribution is -2.56. The second-order valence-corrected chi connectivity index (χ2v) is 6.80. The Morgan fingerprint density at radius 2 is 2.13 bits per heavy atom. The van der Waals surface area contributed by atoms with E-state index in [0.717, 1.165) is 16.2 Å². The van der Waals surface area contributed by atoms with E-state index in [2.05, 4.69) is 30.8 Å². The van der Waals surface area contributed by atoms with Crippen LogP contribution < -0.4 is 0 Å². The number of nitrogens with zero attached hydrogens (tertiary/aromatic N) is 4. The Hall–Kier alpha value is -1.31. The van der Waals surface area contributed by atoms with E-state index in [0.29, 0.717) is 10.6 Å². The highest BCUT2D eigenvalue weighted by molar-refractivity contribution is 9.10. The Kier molecular flexibility index (Phi) is 6.26. The van der Waals surface area contributed by atoms with Crippen LogP contribution in [0, 0.1) is 6.57 Å². The molecule has 1 aromatic rings. The zero-order valence-electron chi connectivity index (χ0n) is 11.7. The van der Waals surface area contributed by atoms with E-state index in [4.69, 9.17) is 16.8 Å². The Labute approximate surface area is 144 Å². The van der Waals surface area contributed by atoms with Crippen LogP contribution in [0.5, 0.6) is 0 Å². The fourth-order valence-electron chi connectivity index (χ4n) is 2.16. The first-order valence-corrected chi connectivity index (χ1v) is 8.19. The molecule has 0 bridgehead atoms. The smallest absolute Gasteiger partial charge is 0.200 e. The average molecular weight is 401 g/mol. The van der Waals surface area contributed by atoms with Crippen LogP contribution in [0.2, 0.25) is 0 Å². The minimum atomic E-state index is -1.31. The molecule has 1 fully saturated rings. The van der Waals surface area contributed by atoms with Crippen LogP contribution in [0.3, 0.4) is 0 Å². The third kappa shape index (κ3) is 3.97. The number of hydrogen-bond donors (Lipinski definition) is 3. The molecule has 8 nitrogen and oxygen atoms in total. The van der Waals surface area contributed by atoms with Gasteiger partial charge in [0.15, 0.2) is 0 Å². The van der Waals surface area contributed by atoms with Gasteiger partial charge in [-0.05, 0) is 11.6 Å². The first kappa shape index (κ1) is 18.0. The highest BCUT2D eigenvalue weighted by Gasteiger charge is 2.44. The summed E-state index contributed by atoms with van der Waals surface area (Å²) in [6.45, 7) is 6.69. The Balaban J connectivity index is 2.30. The van der Waals surface area contributed by atoms with Crippen molar-refractivity contribution in [3.05, 3.63) is 44.5 Å². The minimum Gasteiger partial charge on any atom is -0.394 e. The number of aliphatic hydroxyl groups excluding tert-OH is 3. The molecule has 1 saturated heterocycles. The second-order valence-electron chi connectivity index (χ2n) is 4.74. The van der Waals surface area contributed by atoms with Crippen LogP contribution in [-0.2, 0) is 4.74 Å². The monoisotopic (exact) mass is 400 g/mol. The number of rotatable bonds is 4. The molecule has 2 unspecified atom stereocenters. The van der Waals surface area contributed by atoms with Crippen molar-refractivity contribution in [1.82, 2.24) is 0 Å². The van der Waals surface area contributed by atoms with Crippen LogP contribution in [0.15, 0.2) is 32.7 Å². The molecule has 0 radical (unpaired) electrons. The molecule has 0 amide bonds. The molecule has 0 aliphatic carbocycles. The van der Waals surface area contributed by atoms with E-state index in [1.807, 2.05) is 0 Å². The third-order valence-corrected chi connectivity index (χ3v) is 5.02. The number of aliphatic hydroxyl groups is 3. The highest BCUT2D eigenvalue weighted by Crippen LogP contribution is 2.39. The van der Waals surface area contributed by atoms with Crippen LogP contribution in [0.4, 0.5) is 5.69 Å². The molecule has 0 aromatic heterocycles. The van der Waals surface area contributed by atoms with Gasteiger partial charge in [0.1, 0.15) is 17.6 Å². The summed E-state index contributed by atoms with van der Waals surface area (Å²) in [7, 11) is 0. The molecule has 0 spiro atoms. The standard InChI is InChI=1S/C13H13BrN4O4S/c1-16-7-3-2-6(14)4-9(7)23-13-12(21)10(17-18-15)11(20)8(5-19)22-13/h2-4,8,10-13,19-21H,5H2/t8?,10-,11-,12?,13+/m0/s1. The van der Waals surface area contributed by atoms with Gasteiger partial charge in [0.2, 0.25) is 5.69 Å². The number of halogens is 1. The van der Waals surface area contributed by atoms with Gasteiger partial charge in [-0.2, -0.15) is 0 Å². The molecule has 1 aliphatic rings. The molecule has 1 aromatic carbocycles. The molecule has 1 heterocycles. The molecule has 3 N–H and O–H groups in total. The van der Waals surface area contributed by atoms with Crippen molar-refractivity contribution in [2.24, 2.45) is 5.11 Å². The number of benzene rings is 1. The largest absolute Gasteiger partial charge is 0.394 e. The van der Waals surface area contributed by atoms with Crippen LogP contribution in [0.25, 0.3) is 15.3 Å². The fraction of sp³-hybridized carbons (Fsp3) is 0.462. The quantitative estimate of drug-likeness (QED) is 0.309. The summed E-state index contributed by atoms with van der Waals surface area (Å²) < 4.78 is 6.24. The van der Waals surface area contributed by atoms with Crippen molar-refractivity contribution in [2.45, 2.75) is 34.7 Å². The number of ether oxygens (including phenoxy) is 1. The zero-order valence-corrected chi connectivity index (χ0v) is 14.1. The molecular weight excluding hydrogens is 388 g/mol. The molecule has 1 aliphatic heterocycles. The lowest BCUT2D eigenvalue weighted by molar-refractivity contribution is -0.159. The SMILES string of the molecule is [C-]#[N+]c1ccc(Br)cc1S[C@H]1OC(CO)[C@H](O)[C@H](N=[N+]=[N-])C1O. The van der Waals surface area contributed by atoms with Gasteiger partial charge in [-0.3, -0.25) is 0 Å². The van der Waals surface area contributed by atoms with Gasteiger partial charge in [0, 0.05) is 14.3 Å². The number of azide groups is 1.